The average Bonchev–Trinajstić information content (AvgIpc) is 3.84. The molecule has 12 rings (SSSR count). The lowest BCUT2D eigenvalue weighted by Gasteiger charge is -2.13. The summed E-state index contributed by atoms with van der Waals surface area (Å²) >= 11 is 0. The molecule has 0 amide bonds. The Bertz CT molecular complexity index is 3400. The summed E-state index contributed by atoms with van der Waals surface area (Å²) in [6.07, 6.45) is 0. The molecule has 0 saturated heterocycles. The van der Waals surface area contributed by atoms with E-state index in [2.05, 4.69) is 126 Å². The Hall–Kier alpha value is -7.63. The molecule has 0 saturated carbocycles. The largest absolute Gasteiger partial charge is 0.455 e. The molecule has 3 aromatic heterocycles. The zero-order valence-electron chi connectivity index (χ0n) is 30.0. The summed E-state index contributed by atoms with van der Waals surface area (Å²) in [6, 6.07) is 63.7. The predicted molar refractivity (Wildman–Crippen MR) is 229 cm³/mol. The number of fused-ring (bicyclic) bond motifs is 6. The number of aromatic nitrogens is 4. The predicted octanol–water partition coefficient (Wildman–Crippen LogP) is 13.3. The highest BCUT2D eigenvalue weighted by Gasteiger charge is 2.25. The Kier molecular flexibility index (Phi) is 6.56. The number of rotatable bonds is 5. The van der Waals surface area contributed by atoms with Crippen molar-refractivity contribution in [3.8, 4) is 51.0 Å². The molecule has 260 valence electrons. The third-order valence-corrected chi connectivity index (χ3v) is 11.2. The van der Waals surface area contributed by atoms with Crippen molar-refractivity contribution in [2.75, 3.05) is 0 Å². The van der Waals surface area contributed by atoms with E-state index in [1.54, 1.807) is 0 Å². The molecular weight excluding hydrogens is 685 g/mol. The van der Waals surface area contributed by atoms with Crippen LogP contribution in [-0.4, -0.2) is 19.5 Å². The molecular formula is C51H30N4O. The van der Waals surface area contributed by atoms with Crippen molar-refractivity contribution >= 4 is 65.3 Å². The molecule has 0 aliphatic carbocycles. The molecule has 5 nitrogen and oxygen atoms in total. The van der Waals surface area contributed by atoms with E-state index in [-0.39, 0.29) is 0 Å². The lowest BCUT2D eigenvalue weighted by molar-refractivity contribution is 0.670. The van der Waals surface area contributed by atoms with Crippen LogP contribution < -0.4 is 0 Å². The Morgan fingerprint density at radius 1 is 0.339 bits per heavy atom. The molecule has 0 bridgehead atoms. The summed E-state index contributed by atoms with van der Waals surface area (Å²) in [5.74, 6) is 1.79. The molecule has 0 atom stereocenters. The van der Waals surface area contributed by atoms with Gasteiger partial charge in [0.25, 0.3) is 0 Å². The highest BCUT2D eigenvalue weighted by Crippen LogP contribution is 2.48. The minimum atomic E-state index is 0.563. The van der Waals surface area contributed by atoms with E-state index in [9.17, 15) is 0 Å². The van der Waals surface area contributed by atoms with Crippen molar-refractivity contribution in [2.45, 2.75) is 0 Å². The Morgan fingerprint density at radius 2 is 0.839 bits per heavy atom. The second-order valence-corrected chi connectivity index (χ2v) is 14.3. The third kappa shape index (κ3) is 4.46. The summed E-state index contributed by atoms with van der Waals surface area (Å²) in [7, 11) is 0. The second-order valence-electron chi connectivity index (χ2n) is 14.3. The minimum Gasteiger partial charge on any atom is -0.455 e. The van der Waals surface area contributed by atoms with E-state index < -0.39 is 0 Å². The van der Waals surface area contributed by atoms with Gasteiger partial charge in [-0.25, -0.2) is 15.0 Å². The maximum absolute atomic E-state index is 7.10. The number of para-hydroxylation sites is 3. The van der Waals surface area contributed by atoms with Gasteiger partial charge in [0.05, 0.1) is 16.6 Å². The van der Waals surface area contributed by atoms with Crippen LogP contribution in [0.2, 0.25) is 0 Å². The van der Waals surface area contributed by atoms with Gasteiger partial charge < -0.3 is 8.98 Å². The molecule has 56 heavy (non-hydrogen) atoms. The highest BCUT2D eigenvalue weighted by molar-refractivity contribution is 6.36. The van der Waals surface area contributed by atoms with Crippen LogP contribution >= 0.6 is 0 Å². The first-order valence-electron chi connectivity index (χ1n) is 18.9. The molecule has 0 aliphatic heterocycles. The summed E-state index contributed by atoms with van der Waals surface area (Å²) in [6.45, 7) is 0. The van der Waals surface area contributed by atoms with E-state index in [0.717, 1.165) is 61.0 Å². The van der Waals surface area contributed by atoms with Crippen LogP contribution in [0.15, 0.2) is 186 Å². The van der Waals surface area contributed by atoms with Crippen LogP contribution in [0.1, 0.15) is 0 Å². The fourth-order valence-electron chi connectivity index (χ4n) is 8.79. The van der Waals surface area contributed by atoms with Gasteiger partial charge in [0.1, 0.15) is 11.2 Å². The van der Waals surface area contributed by atoms with Crippen LogP contribution in [0, 0.1) is 0 Å². The number of hydrogen-bond donors (Lipinski definition) is 0. The Labute approximate surface area is 321 Å². The molecule has 9 aromatic carbocycles. The average molecular weight is 715 g/mol. The van der Waals surface area contributed by atoms with Gasteiger partial charge in [-0.15, -0.1) is 0 Å². The van der Waals surface area contributed by atoms with Crippen LogP contribution in [-0.2, 0) is 0 Å². The fourth-order valence-corrected chi connectivity index (χ4v) is 8.79. The van der Waals surface area contributed by atoms with Gasteiger partial charge in [0.2, 0.25) is 0 Å². The summed E-state index contributed by atoms with van der Waals surface area (Å²) in [5, 5.41) is 9.61. The molecule has 0 N–H and O–H groups in total. The first-order valence-corrected chi connectivity index (χ1v) is 18.9. The van der Waals surface area contributed by atoms with E-state index in [4.69, 9.17) is 19.4 Å². The van der Waals surface area contributed by atoms with Crippen molar-refractivity contribution in [3.63, 3.8) is 0 Å². The quantitative estimate of drug-likeness (QED) is 0.167. The van der Waals surface area contributed by atoms with Gasteiger partial charge >= 0.3 is 0 Å². The monoisotopic (exact) mass is 714 g/mol. The van der Waals surface area contributed by atoms with Crippen molar-refractivity contribution in [3.05, 3.63) is 182 Å². The summed E-state index contributed by atoms with van der Waals surface area (Å²) in [5.41, 5.74) is 9.84. The van der Waals surface area contributed by atoms with Crippen molar-refractivity contribution in [1.82, 2.24) is 19.5 Å². The van der Waals surface area contributed by atoms with Gasteiger partial charge in [0, 0.05) is 49.5 Å². The third-order valence-electron chi connectivity index (χ3n) is 11.2. The molecule has 0 unspecified atom stereocenters. The number of nitrogens with zero attached hydrogens (tertiary/aromatic N) is 4. The molecule has 0 fully saturated rings. The number of furan rings is 1. The van der Waals surface area contributed by atoms with Crippen molar-refractivity contribution in [2.24, 2.45) is 0 Å². The van der Waals surface area contributed by atoms with Crippen LogP contribution in [0.25, 0.3) is 116 Å². The van der Waals surface area contributed by atoms with Gasteiger partial charge in [-0.3, -0.25) is 0 Å². The van der Waals surface area contributed by atoms with E-state index in [1.807, 2.05) is 60.7 Å². The Balaban J connectivity index is 1.15. The molecule has 0 radical (unpaired) electrons. The zero-order chi connectivity index (χ0) is 36.7. The fraction of sp³-hybridized carbons (Fsp3) is 0. The first kappa shape index (κ1) is 30.8. The van der Waals surface area contributed by atoms with Gasteiger partial charge in [-0.1, -0.05) is 158 Å². The molecule has 12 aromatic rings. The lowest BCUT2D eigenvalue weighted by atomic mass is 9.91. The van der Waals surface area contributed by atoms with E-state index >= 15 is 0 Å². The second kappa shape index (κ2) is 11.9. The number of hydrogen-bond acceptors (Lipinski definition) is 4. The zero-order valence-corrected chi connectivity index (χ0v) is 30.0. The summed E-state index contributed by atoms with van der Waals surface area (Å²) < 4.78 is 9.54. The Morgan fingerprint density at radius 3 is 1.50 bits per heavy atom. The van der Waals surface area contributed by atoms with Gasteiger partial charge in [0.15, 0.2) is 17.5 Å². The topological polar surface area (TPSA) is 56.7 Å². The number of benzene rings is 9. The maximum Gasteiger partial charge on any atom is 0.167 e. The van der Waals surface area contributed by atoms with Crippen molar-refractivity contribution in [1.29, 1.82) is 0 Å². The maximum atomic E-state index is 7.10. The lowest BCUT2D eigenvalue weighted by Crippen LogP contribution is -2.00. The normalized spacial score (nSPS) is 11.9. The van der Waals surface area contributed by atoms with E-state index in [0.29, 0.717) is 17.5 Å². The smallest absolute Gasteiger partial charge is 0.167 e. The molecule has 5 heteroatoms. The van der Waals surface area contributed by atoms with Crippen LogP contribution in [0.4, 0.5) is 0 Å². The van der Waals surface area contributed by atoms with E-state index in [1.165, 1.54) is 37.8 Å². The minimum absolute atomic E-state index is 0.563. The standard InChI is InChI=1S/C51H30N4O/c1-4-15-31(16-5-1)49-52-50(32-17-6-2-7-18-32)54-51(53-49)42-27-13-26-41-40-25-12-24-39(47(40)56-48(41)42)38-30-29-37-35-22-11-10-21-34(35)36-23-14-28-43-44(36)45(37)46(38)55(43)33-19-8-3-9-20-33/h1-30H. The molecule has 3 heterocycles. The van der Waals surface area contributed by atoms with Gasteiger partial charge in [-0.2, -0.15) is 0 Å². The highest BCUT2D eigenvalue weighted by atomic mass is 16.3. The molecule has 0 aliphatic rings. The summed E-state index contributed by atoms with van der Waals surface area (Å²) in [4.78, 5) is 15.1. The first-order chi connectivity index (χ1) is 27.8. The van der Waals surface area contributed by atoms with Gasteiger partial charge in [-0.05, 0) is 45.8 Å². The van der Waals surface area contributed by atoms with Crippen molar-refractivity contribution < 1.29 is 4.42 Å². The SMILES string of the molecule is c1ccc(-c2nc(-c3ccccc3)nc(-c3cccc4c3oc3c(-c5ccc6c7ccccc7c7cccc8c7c6c5n8-c5ccccc5)cccc34)n2)cc1. The molecule has 0 spiro atoms. The van der Waals surface area contributed by atoms with Crippen LogP contribution in [0.3, 0.4) is 0 Å². The van der Waals surface area contributed by atoms with Crippen LogP contribution in [0.5, 0.6) is 0 Å².